The second kappa shape index (κ2) is 5.00. The predicted molar refractivity (Wildman–Crippen MR) is 89.5 cm³/mol. The van der Waals surface area contributed by atoms with Crippen molar-refractivity contribution in [2.75, 3.05) is 0 Å². The van der Waals surface area contributed by atoms with Gasteiger partial charge in [0.05, 0.1) is 11.0 Å². The van der Waals surface area contributed by atoms with Crippen molar-refractivity contribution in [2.24, 2.45) is 10.8 Å². The average molecular weight is 415 g/mol. The Kier molecular flexibility index (Phi) is 4.29. The molecule has 0 unspecified atom stereocenters. The van der Waals surface area contributed by atoms with Crippen LogP contribution < -0.4 is 0 Å². The van der Waals surface area contributed by atoms with Gasteiger partial charge in [-0.3, -0.25) is 0 Å². The Balaban J connectivity index is 2.39. The van der Waals surface area contributed by atoms with E-state index in [0.29, 0.717) is 6.42 Å². The predicted octanol–water partition coefficient (Wildman–Crippen LogP) is 5.03. The number of halogens is 3. The molecule has 2 rings (SSSR count). The van der Waals surface area contributed by atoms with E-state index in [1.54, 1.807) is 0 Å². The number of alkyl halides is 3. The van der Waals surface area contributed by atoms with E-state index >= 15 is 0 Å². The first kappa shape index (κ1) is 16.3. The first-order valence-electron chi connectivity index (χ1n) is 6.88. The van der Waals surface area contributed by atoms with Crippen molar-refractivity contribution >= 4 is 43.5 Å². The zero-order valence-corrected chi connectivity index (χ0v) is 15.8. The highest BCUT2D eigenvalue weighted by atomic mass is 79.9. The molecule has 1 spiro atoms. The van der Waals surface area contributed by atoms with Crippen molar-refractivity contribution in [3.05, 3.63) is 12.2 Å². The van der Waals surface area contributed by atoms with Gasteiger partial charge in [0, 0.05) is 9.65 Å². The van der Waals surface area contributed by atoms with E-state index in [9.17, 15) is 5.11 Å². The third-order valence-electron chi connectivity index (χ3n) is 5.61. The summed E-state index contributed by atoms with van der Waals surface area (Å²) in [5.41, 5.74) is 1.22. The van der Waals surface area contributed by atoms with Crippen LogP contribution in [0.1, 0.15) is 46.5 Å². The molecular weight excluding hydrogens is 391 g/mol. The minimum absolute atomic E-state index is 0.0266. The smallest absolute Gasteiger partial charge is 0.0707 e. The van der Waals surface area contributed by atoms with Gasteiger partial charge in [0.15, 0.2) is 0 Å². The molecule has 0 aromatic heterocycles. The van der Waals surface area contributed by atoms with Crippen molar-refractivity contribution in [2.45, 2.75) is 67.1 Å². The summed E-state index contributed by atoms with van der Waals surface area (Å²) in [5, 5.41) is 10.2. The van der Waals surface area contributed by atoms with E-state index in [2.05, 4.69) is 59.2 Å². The quantitative estimate of drug-likeness (QED) is 0.435. The lowest BCUT2D eigenvalue weighted by Gasteiger charge is -2.60. The van der Waals surface area contributed by atoms with E-state index in [4.69, 9.17) is 11.6 Å². The van der Waals surface area contributed by atoms with Gasteiger partial charge in [0.25, 0.3) is 0 Å². The average Bonchev–Trinajstić information content (AvgIpc) is 2.29. The van der Waals surface area contributed by atoms with Crippen LogP contribution in [-0.2, 0) is 0 Å². The maximum Gasteiger partial charge on any atom is 0.0707 e. The van der Waals surface area contributed by atoms with Crippen LogP contribution in [0.2, 0.25) is 0 Å². The lowest BCUT2D eigenvalue weighted by Crippen LogP contribution is -2.58. The van der Waals surface area contributed by atoms with Crippen LogP contribution in [0.3, 0.4) is 0 Å². The van der Waals surface area contributed by atoms with Crippen molar-refractivity contribution in [1.82, 2.24) is 0 Å². The molecule has 0 saturated heterocycles. The Labute approximate surface area is 138 Å². The molecule has 110 valence electrons. The van der Waals surface area contributed by atoms with Gasteiger partial charge in [-0.05, 0) is 43.4 Å². The standard InChI is InChI=1S/C15H23Br2ClO/c1-9-7-10(19)12(17)13(2,3)15(9)6-5-14(4,18)11(16)8-15/h10-12,19H,1,5-8H2,2-4H3/t10-,11-,12+,14-,15-/m0/s1. The van der Waals surface area contributed by atoms with Crippen LogP contribution in [-0.4, -0.2) is 25.7 Å². The van der Waals surface area contributed by atoms with Crippen molar-refractivity contribution in [3.63, 3.8) is 0 Å². The van der Waals surface area contributed by atoms with Crippen molar-refractivity contribution in [3.8, 4) is 0 Å². The molecule has 2 aliphatic rings. The summed E-state index contributed by atoms with van der Waals surface area (Å²) in [5.74, 6) is 0. The molecular formula is C15H23Br2ClO. The summed E-state index contributed by atoms with van der Waals surface area (Å²) in [4.78, 5) is 0.200. The molecule has 5 atom stereocenters. The van der Waals surface area contributed by atoms with E-state index in [-0.39, 0.29) is 31.5 Å². The Hall–Kier alpha value is 0.950. The summed E-state index contributed by atoms with van der Waals surface area (Å²) in [6.07, 6.45) is 3.37. The molecule has 0 aliphatic heterocycles. The fourth-order valence-corrected chi connectivity index (χ4v) is 5.47. The highest BCUT2D eigenvalue weighted by Crippen LogP contribution is 2.64. The second-order valence-electron chi connectivity index (χ2n) is 7.03. The summed E-state index contributed by atoms with van der Waals surface area (Å²) >= 11 is 14.1. The van der Waals surface area contributed by atoms with Gasteiger partial charge in [-0.15, -0.1) is 11.6 Å². The van der Waals surface area contributed by atoms with Crippen LogP contribution in [0.4, 0.5) is 0 Å². The highest BCUT2D eigenvalue weighted by molar-refractivity contribution is 9.09. The number of aliphatic hydroxyl groups excluding tert-OH is 1. The normalized spacial score (nSPS) is 50.5. The van der Waals surface area contributed by atoms with Gasteiger partial charge in [-0.2, -0.15) is 0 Å². The first-order chi connectivity index (χ1) is 8.54. The van der Waals surface area contributed by atoms with Gasteiger partial charge in [-0.25, -0.2) is 0 Å². The van der Waals surface area contributed by atoms with Gasteiger partial charge in [0.1, 0.15) is 0 Å². The largest absolute Gasteiger partial charge is 0.392 e. The lowest BCUT2D eigenvalue weighted by molar-refractivity contribution is -0.0173. The molecule has 1 N–H and O–H groups in total. The van der Waals surface area contributed by atoms with Crippen LogP contribution in [0.25, 0.3) is 0 Å². The van der Waals surface area contributed by atoms with Crippen molar-refractivity contribution in [1.29, 1.82) is 0 Å². The molecule has 2 fully saturated rings. The van der Waals surface area contributed by atoms with E-state index < -0.39 is 0 Å². The highest BCUT2D eigenvalue weighted by Gasteiger charge is 2.59. The third kappa shape index (κ3) is 2.37. The lowest BCUT2D eigenvalue weighted by atomic mass is 9.49. The molecule has 4 heteroatoms. The van der Waals surface area contributed by atoms with E-state index in [1.807, 2.05) is 0 Å². The van der Waals surface area contributed by atoms with Gasteiger partial charge < -0.3 is 5.11 Å². The van der Waals surface area contributed by atoms with Crippen LogP contribution in [0, 0.1) is 10.8 Å². The number of aliphatic hydroxyl groups is 1. The number of rotatable bonds is 0. The fourth-order valence-electron chi connectivity index (χ4n) is 3.89. The third-order valence-corrected chi connectivity index (χ3v) is 9.42. The van der Waals surface area contributed by atoms with Crippen LogP contribution >= 0.6 is 43.5 Å². The Morgan fingerprint density at radius 3 is 2.37 bits per heavy atom. The molecule has 0 aromatic rings. The Morgan fingerprint density at radius 1 is 1.26 bits per heavy atom. The monoisotopic (exact) mass is 412 g/mol. The number of hydrogen-bond acceptors (Lipinski definition) is 1. The molecule has 1 nitrogen and oxygen atoms in total. The Bertz CT molecular complexity index is 394. The van der Waals surface area contributed by atoms with Crippen molar-refractivity contribution < 1.29 is 5.11 Å². The first-order valence-corrected chi connectivity index (χ1v) is 9.09. The minimum Gasteiger partial charge on any atom is -0.392 e. The maximum absolute atomic E-state index is 10.2. The molecule has 19 heavy (non-hydrogen) atoms. The molecule has 2 aliphatic carbocycles. The minimum atomic E-state index is -0.341. The second-order valence-corrected chi connectivity index (χ2v) is 9.99. The molecule has 0 amide bonds. The van der Waals surface area contributed by atoms with Crippen LogP contribution in [0.5, 0.6) is 0 Å². The Morgan fingerprint density at radius 2 is 1.84 bits per heavy atom. The summed E-state index contributed by atoms with van der Waals surface area (Å²) in [6, 6.07) is 0. The zero-order chi connectivity index (χ0) is 14.6. The van der Waals surface area contributed by atoms with E-state index in [0.717, 1.165) is 19.3 Å². The maximum atomic E-state index is 10.2. The summed E-state index contributed by atoms with van der Waals surface area (Å²) in [6.45, 7) is 10.9. The molecule has 0 heterocycles. The zero-order valence-electron chi connectivity index (χ0n) is 11.8. The SMILES string of the molecule is C=C1C[C@H](O)[C@@H](Br)C(C)(C)[C@]12CC[C@](C)(Cl)[C@@H](Br)C2. The fraction of sp³-hybridized carbons (Fsp3) is 0.867. The molecule has 0 bridgehead atoms. The molecule has 0 aromatic carbocycles. The molecule has 0 radical (unpaired) electrons. The summed E-state index contributed by atoms with van der Waals surface area (Å²) in [7, 11) is 0. The van der Waals surface area contributed by atoms with E-state index in [1.165, 1.54) is 5.57 Å². The van der Waals surface area contributed by atoms with Gasteiger partial charge in [0.2, 0.25) is 0 Å². The molecule has 2 saturated carbocycles. The topological polar surface area (TPSA) is 20.2 Å². The van der Waals surface area contributed by atoms with Gasteiger partial charge in [-0.1, -0.05) is 57.9 Å². The summed E-state index contributed by atoms with van der Waals surface area (Å²) < 4.78 is 0. The van der Waals surface area contributed by atoms with Crippen LogP contribution in [0.15, 0.2) is 12.2 Å². The number of hydrogen-bond donors (Lipinski definition) is 1. The van der Waals surface area contributed by atoms with Gasteiger partial charge >= 0.3 is 0 Å².